The number of nitrogens with one attached hydrogen (secondary N) is 1. The van der Waals surface area contributed by atoms with E-state index in [1.165, 1.54) is 0 Å². The zero-order valence-electron chi connectivity index (χ0n) is 11.0. The highest BCUT2D eigenvalue weighted by atomic mass is 32.1. The van der Waals surface area contributed by atoms with Crippen LogP contribution >= 0.6 is 12.2 Å². The molecule has 3 rings (SSSR count). The van der Waals surface area contributed by atoms with E-state index in [0.29, 0.717) is 11.7 Å². The van der Waals surface area contributed by atoms with Crippen LogP contribution in [0.2, 0.25) is 0 Å². The zero-order chi connectivity index (χ0) is 14.7. The van der Waals surface area contributed by atoms with E-state index in [4.69, 9.17) is 22.5 Å². The van der Waals surface area contributed by atoms with Crippen molar-refractivity contribution in [3.05, 3.63) is 54.6 Å². The van der Waals surface area contributed by atoms with E-state index < -0.39 is 0 Å². The normalized spacial score (nSPS) is 10.3. The molecule has 0 saturated heterocycles. The minimum atomic E-state index is 0.211. The molecule has 0 spiro atoms. The highest BCUT2D eigenvalue weighted by Gasteiger charge is 2.10. The molecule has 104 valence electrons. The Labute approximate surface area is 126 Å². The summed E-state index contributed by atoms with van der Waals surface area (Å²) in [7, 11) is 0. The van der Waals surface area contributed by atoms with Gasteiger partial charge in [-0.3, -0.25) is 0 Å². The maximum Gasteiger partial charge on any atom is 0.258 e. The van der Waals surface area contributed by atoms with E-state index in [1.807, 2.05) is 54.6 Å². The van der Waals surface area contributed by atoms with Crippen molar-refractivity contribution in [1.82, 2.24) is 10.1 Å². The minimum absolute atomic E-state index is 0.211. The Morgan fingerprint density at radius 2 is 1.81 bits per heavy atom. The number of nitrogens with two attached hydrogens (primary N) is 1. The fourth-order valence-electron chi connectivity index (χ4n) is 1.92. The second-order valence-corrected chi connectivity index (χ2v) is 4.80. The number of nitrogens with zero attached hydrogens (tertiary/aromatic N) is 2. The fraction of sp³-hybridized carbons (Fsp3) is 0. The van der Waals surface area contributed by atoms with Gasteiger partial charge in [0, 0.05) is 16.8 Å². The molecule has 0 fully saturated rings. The Bertz CT molecular complexity index is 770. The van der Waals surface area contributed by atoms with Crippen LogP contribution in [0.3, 0.4) is 0 Å². The lowest BCUT2D eigenvalue weighted by Gasteiger charge is -2.03. The molecule has 0 radical (unpaired) electrons. The Morgan fingerprint density at radius 3 is 2.57 bits per heavy atom. The molecule has 0 amide bonds. The molecule has 0 aliphatic carbocycles. The third-order valence-corrected chi connectivity index (χ3v) is 2.94. The van der Waals surface area contributed by atoms with Crippen molar-refractivity contribution >= 4 is 23.0 Å². The molecule has 0 aliphatic rings. The molecule has 6 heteroatoms. The maximum absolute atomic E-state index is 5.46. The summed E-state index contributed by atoms with van der Waals surface area (Å²) in [5, 5.41) is 7.08. The number of anilines is 1. The molecule has 1 heterocycles. The van der Waals surface area contributed by atoms with Gasteiger partial charge < -0.3 is 15.6 Å². The molecule has 21 heavy (non-hydrogen) atoms. The topological polar surface area (TPSA) is 77.0 Å². The van der Waals surface area contributed by atoms with Gasteiger partial charge in [-0.05, 0) is 30.4 Å². The van der Waals surface area contributed by atoms with Crippen LogP contribution in [0.25, 0.3) is 22.8 Å². The predicted octanol–water partition coefficient (Wildman–Crippen LogP) is 3.06. The molecule has 0 unspecified atom stereocenters. The smallest absolute Gasteiger partial charge is 0.258 e. The Hall–Kier alpha value is -2.73. The maximum atomic E-state index is 5.46. The molecule has 0 atom stereocenters. The number of rotatable bonds is 3. The number of hydrogen-bond acceptors (Lipinski definition) is 4. The monoisotopic (exact) mass is 296 g/mol. The van der Waals surface area contributed by atoms with Crippen LogP contribution in [-0.2, 0) is 0 Å². The molecule has 5 nitrogen and oxygen atoms in total. The fourth-order valence-corrected chi connectivity index (χ4v) is 2.04. The average molecular weight is 296 g/mol. The SMILES string of the molecule is NC(=S)Nc1cccc(-c2nc(-c3ccccc3)no2)c1. The lowest BCUT2D eigenvalue weighted by molar-refractivity contribution is 0.432. The third-order valence-electron chi connectivity index (χ3n) is 2.84. The summed E-state index contributed by atoms with van der Waals surface area (Å²) in [5.74, 6) is 0.999. The van der Waals surface area contributed by atoms with Gasteiger partial charge in [0.15, 0.2) is 5.11 Å². The van der Waals surface area contributed by atoms with Crippen molar-refractivity contribution in [2.45, 2.75) is 0 Å². The summed E-state index contributed by atoms with van der Waals surface area (Å²) in [6.45, 7) is 0. The van der Waals surface area contributed by atoms with Crippen LogP contribution in [0.15, 0.2) is 59.1 Å². The van der Waals surface area contributed by atoms with E-state index in [-0.39, 0.29) is 5.11 Å². The first-order valence-electron chi connectivity index (χ1n) is 6.28. The summed E-state index contributed by atoms with van der Waals surface area (Å²) in [4.78, 5) is 4.40. The molecular weight excluding hydrogens is 284 g/mol. The van der Waals surface area contributed by atoms with Crippen molar-refractivity contribution in [2.24, 2.45) is 5.73 Å². The van der Waals surface area contributed by atoms with Gasteiger partial charge in [-0.25, -0.2) is 0 Å². The van der Waals surface area contributed by atoms with E-state index in [9.17, 15) is 0 Å². The van der Waals surface area contributed by atoms with Gasteiger partial charge in [0.2, 0.25) is 5.82 Å². The summed E-state index contributed by atoms with van der Waals surface area (Å²) < 4.78 is 5.31. The first kappa shape index (κ1) is 13.3. The van der Waals surface area contributed by atoms with Crippen LogP contribution in [-0.4, -0.2) is 15.3 Å². The Kier molecular flexibility index (Phi) is 3.61. The van der Waals surface area contributed by atoms with Crippen molar-refractivity contribution in [2.75, 3.05) is 5.32 Å². The Morgan fingerprint density at radius 1 is 1.05 bits per heavy atom. The van der Waals surface area contributed by atoms with Crippen molar-refractivity contribution < 1.29 is 4.52 Å². The number of benzene rings is 2. The van der Waals surface area contributed by atoms with E-state index in [0.717, 1.165) is 16.8 Å². The van der Waals surface area contributed by atoms with Gasteiger partial charge in [0.25, 0.3) is 5.89 Å². The summed E-state index contributed by atoms with van der Waals surface area (Å²) in [5.41, 5.74) is 7.94. The molecule has 0 aliphatic heterocycles. The number of hydrogen-bond donors (Lipinski definition) is 2. The first-order valence-corrected chi connectivity index (χ1v) is 6.69. The van der Waals surface area contributed by atoms with Gasteiger partial charge in [0.05, 0.1) is 0 Å². The van der Waals surface area contributed by atoms with Gasteiger partial charge in [-0.2, -0.15) is 4.98 Å². The zero-order valence-corrected chi connectivity index (χ0v) is 11.8. The van der Waals surface area contributed by atoms with Crippen LogP contribution < -0.4 is 11.1 Å². The molecule has 1 aromatic heterocycles. The number of aromatic nitrogens is 2. The standard InChI is InChI=1S/C15H12N4OS/c16-15(21)17-12-8-4-7-11(9-12)14-18-13(19-20-14)10-5-2-1-3-6-10/h1-9H,(H3,16,17,21). The second kappa shape index (κ2) is 5.72. The largest absolute Gasteiger partial charge is 0.376 e. The van der Waals surface area contributed by atoms with Gasteiger partial charge in [-0.15, -0.1) is 0 Å². The molecule has 3 N–H and O–H groups in total. The summed E-state index contributed by atoms with van der Waals surface area (Å²) in [6, 6.07) is 17.1. The lowest BCUT2D eigenvalue weighted by atomic mass is 10.2. The van der Waals surface area contributed by atoms with Crippen molar-refractivity contribution in [3.63, 3.8) is 0 Å². The third kappa shape index (κ3) is 3.06. The first-order chi connectivity index (χ1) is 10.2. The van der Waals surface area contributed by atoms with E-state index in [1.54, 1.807) is 0 Å². The van der Waals surface area contributed by atoms with E-state index >= 15 is 0 Å². The second-order valence-electron chi connectivity index (χ2n) is 4.36. The molecular formula is C15H12N4OS. The average Bonchev–Trinajstić information content (AvgIpc) is 2.98. The minimum Gasteiger partial charge on any atom is -0.376 e. The van der Waals surface area contributed by atoms with E-state index in [2.05, 4.69) is 15.5 Å². The summed E-state index contributed by atoms with van der Waals surface area (Å²) in [6.07, 6.45) is 0. The number of thiocarbonyl (C=S) groups is 1. The Balaban J connectivity index is 1.91. The van der Waals surface area contributed by atoms with Crippen LogP contribution in [0.4, 0.5) is 5.69 Å². The quantitative estimate of drug-likeness (QED) is 0.723. The molecule has 2 aromatic carbocycles. The van der Waals surface area contributed by atoms with Crippen LogP contribution in [0.5, 0.6) is 0 Å². The van der Waals surface area contributed by atoms with Crippen LogP contribution in [0, 0.1) is 0 Å². The van der Waals surface area contributed by atoms with Crippen molar-refractivity contribution in [3.8, 4) is 22.8 Å². The summed E-state index contributed by atoms with van der Waals surface area (Å²) >= 11 is 4.82. The van der Waals surface area contributed by atoms with Crippen molar-refractivity contribution in [1.29, 1.82) is 0 Å². The molecule has 0 bridgehead atoms. The van der Waals surface area contributed by atoms with Crippen LogP contribution in [0.1, 0.15) is 0 Å². The highest BCUT2D eigenvalue weighted by Crippen LogP contribution is 2.24. The molecule has 0 saturated carbocycles. The van der Waals surface area contributed by atoms with Gasteiger partial charge in [-0.1, -0.05) is 41.6 Å². The predicted molar refractivity (Wildman–Crippen MR) is 85.6 cm³/mol. The lowest BCUT2D eigenvalue weighted by Crippen LogP contribution is -2.18. The van der Waals surface area contributed by atoms with Gasteiger partial charge >= 0.3 is 0 Å². The highest BCUT2D eigenvalue weighted by molar-refractivity contribution is 7.80. The molecule has 3 aromatic rings. The van der Waals surface area contributed by atoms with Gasteiger partial charge in [0.1, 0.15) is 0 Å².